The van der Waals surface area contributed by atoms with E-state index in [1.807, 2.05) is 5.32 Å². The number of carbonyl (C=O) groups excluding carboxylic acids is 1. The molecule has 2 rings (SSSR count). The number of hydrogen-bond acceptors (Lipinski definition) is 5. The van der Waals surface area contributed by atoms with E-state index in [1.165, 1.54) is 6.07 Å². The second kappa shape index (κ2) is 4.77. The van der Waals surface area contributed by atoms with Gasteiger partial charge in [0.05, 0.1) is 5.52 Å². The number of nitro groups is 1. The van der Waals surface area contributed by atoms with Gasteiger partial charge >= 0.3 is 0 Å². The molecule has 0 radical (unpaired) electrons. The zero-order chi connectivity index (χ0) is 14.0. The van der Waals surface area contributed by atoms with Gasteiger partial charge in [-0.05, 0) is 18.2 Å². The van der Waals surface area contributed by atoms with Gasteiger partial charge in [0, 0.05) is 16.0 Å². The molecule has 2 aromatic rings. The number of anilines is 1. The molecule has 0 aliphatic carbocycles. The van der Waals surface area contributed by atoms with Gasteiger partial charge in [-0.2, -0.15) is 0 Å². The van der Waals surface area contributed by atoms with E-state index < -0.39 is 23.1 Å². The topological polar surface area (TPSA) is 131 Å². The maximum Gasteiger partial charge on any atom is 0.277 e. The molecule has 0 aliphatic rings. The number of nitrogens with one attached hydrogen (secondary N) is 2. The standard InChI is InChI=1S/C11H10N4O4/c12-8-2-1-3-9-6(8)4-7(11(17)14-9)10(16)13-5-15(18)19/h1-4H,5,12H2,(H,13,16)(H,14,17). The van der Waals surface area contributed by atoms with E-state index in [4.69, 9.17) is 5.73 Å². The fourth-order valence-electron chi connectivity index (χ4n) is 1.65. The molecule has 0 aliphatic heterocycles. The third kappa shape index (κ3) is 2.51. The molecule has 0 saturated heterocycles. The summed E-state index contributed by atoms with van der Waals surface area (Å²) in [5.74, 6) is -0.817. The van der Waals surface area contributed by atoms with Crippen LogP contribution in [-0.4, -0.2) is 22.5 Å². The number of aromatic amines is 1. The molecular formula is C11H10N4O4. The van der Waals surface area contributed by atoms with Crippen molar-refractivity contribution < 1.29 is 9.72 Å². The normalized spacial score (nSPS) is 10.3. The number of carbonyl (C=O) groups is 1. The second-order valence-electron chi connectivity index (χ2n) is 3.82. The van der Waals surface area contributed by atoms with Gasteiger partial charge in [-0.1, -0.05) is 6.07 Å². The molecule has 4 N–H and O–H groups in total. The Morgan fingerprint density at radius 1 is 1.47 bits per heavy atom. The van der Waals surface area contributed by atoms with E-state index >= 15 is 0 Å². The van der Waals surface area contributed by atoms with Crippen LogP contribution in [0.4, 0.5) is 5.69 Å². The molecule has 98 valence electrons. The molecule has 1 aromatic carbocycles. The lowest BCUT2D eigenvalue weighted by Gasteiger charge is -2.04. The van der Waals surface area contributed by atoms with Crippen molar-refractivity contribution in [3.8, 4) is 0 Å². The van der Waals surface area contributed by atoms with Crippen molar-refractivity contribution in [3.05, 3.63) is 50.3 Å². The minimum atomic E-state index is -0.817. The summed E-state index contributed by atoms with van der Waals surface area (Å²) in [6.07, 6.45) is 0. The highest BCUT2D eigenvalue weighted by Gasteiger charge is 2.14. The Hall–Kier alpha value is -2.90. The third-order valence-corrected chi connectivity index (χ3v) is 2.53. The number of amides is 1. The molecule has 0 spiro atoms. The van der Waals surface area contributed by atoms with E-state index in [9.17, 15) is 19.7 Å². The summed E-state index contributed by atoms with van der Waals surface area (Å²) in [4.78, 5) is 35.3. The third-order valence-electron chi connectivity index (χ3n) is 2.53. The lowest BCUT2D eigenvalue weighted by atomic mass is 10.1. The predicted molar refractivity (Wildman–Crippen MR) is 68.3 cm³/mol. The molecule has 19 heavy (non-hydrogen) atoms. The molecule has 1 amide bonds. The largest absolute Gasteiger partial charge is 0.398 e. The molecule has 0 unspecified atom stereocenters. The zero-order valence-corrected chi connectivity index (χ0v) is 9.67. The SMILES string of the molecule is Nc1cccc2[nH]c(=O)c(C(=O)NC[N+](=O)[O-])cc12. The van der Waals surface area contributed by atoms with Crippen LogP contribution in [0.2, 0.25) is 0 Å². The fraction of sp³-hybridized carbons (Fsp3) is 0.0909. The Bertz CT molecular complexity index is 722. The first-order valence-electron chi connectivity index (χ1n) is 5.30. The quantitative estimate of drug-likeness (QED) is 0.312. The summed E-state index contributed by atoms with van der Waals surface area (Å²) < 4.78 is 0. The molecule has 0 saturated carbocycles. The van der Waals surface area contributed by atoms with Crippen LogP contribution in [0, 0.1) is 10.1 Å². The number of pyridine rings is 1. The number of nitrogens with zero attached hydrogens (tertiary/aromatic N) is 1. The first-order valence-corrected chi connectivity index (χ1v) is 5.30. The van der Waals surface area contributed by atoms with Crippen LogP contribution in [0.1, 0.15) is 10.4 Å². The molecule has 1 heterocycles. The number of nitrogens with two attached hydrogens (primary N) is 1. The van der Waals surface area contributed by atoms with Gasteiger partial charge in [0.15, 0.2) is 0 Å². The smallest absolute Gasteiger partial charge is 0.277 e. The van der Waals surface area contributed by atoms with E-state index in [1.54, 1.807) is 18.2 Å². The summed E-state index contributed by atoms with van der Waals surface area (Å²) in [6.45, 7) is -0.749. The maximum absolute atomic E-state index is 11.7. The number of benzene rings is 1. The van der Waals surface area contributed by atoms with E-state index in [0.717, 1.165) is 0 Å². The van der Waals surface area contributed by atoms with E-state index in [0.29, 0.717) is 16.6 Å². The van der Waals surface area contributed by atoms with Crippen molar-refractivity contribution in [1.82, 2.24) is 10.3 Å². The van der Waals surface area contributed by atoms with E-state index in [-0.39, 0.29) is 5.56 Å². The van der Waals surface area contributed by atoms with Crippen molar-refractivity contribution in [1.29, 1.82) is 0 Å². The highest BCUT2D eigenvalue weighted by molar-refractivity contribution is 5.99. The molecule has 1 aromatic heterocycles. The van der Waals surface area contributed by atoms with Crippen LogP contribution >= 0.6 is 0 Å². The van der Waals surface area contributed by atoms with Gasteiger partial charge in [0.2, 0.25) is 0 Å². The molecular weight excluding hydrogens is 252 g/mol. The predicted octanol–water partition coefficient (Wildman–Crippen LogP) is 0.0743. The van der Waals surface area contributed by atoms with Crippen LogP contribution in [0.5, 0.6) is 0 Å². The Morgan fingerprint density at radius 3 is 2.89 bits per heavy atom. The summed E-state index contributed by atoms with van der Waals surface area (Å²) in [6, 6.07) is 6.25. The number of H-pyrrole nitrogens is 1. The van der Waals surface area contributed by atoms with Crippen molar-refractivity contribution in [2.24, 2.45) is 0 Å². The number of nitrogen functional groups attached to an aromatic ring is 1. The first kappa shape index (κ1) is 12.6. The lowest BCUT2D eigenvalue weighted by Crippen LogP contribution is -2.33. The summed E-state index contributed by atoms with van der Waals surface area (Å²) >= 11 is 0. The molecule has 8 nitrogen and oxygen atoms in total. The number of hydrogen-bond donors (Lipinski definition) is 3. The zero-order valence-electron chi connectivity index (χ0n) is 9.67. The molecule has 8 heteroatoms. The van der Waals surface area contributed by atoms with Crippen molar-refractivity contribution in [3.63, 3.8) is 0 Å². The number of rotatable bonds is 3. The Balaban J connectivity index is 2.46. The summed E-state index contributed by atoms with van der Waals surface area (Å²) in [5, 5.41) is 12.7. The van der Waals surface area contributed by atoms with Crippen LogP contribution in [-0.2, 0) is 0 Å². The fourth-order valence-corrected chi connectivity index (χ4v) is 1.65. The number of aromatic nitrogens is 1. The molecule has 0 fully saturated rings. The van der Waals surface area contributed by atoms with Crippen LogP contribution < -0.4 is 16.6 Å². The highest BCUT2D eigenvalue weighted by Crippen LogP contribution is 2.18. The second-order valence-corrected chi connectivity index (χ2v) is 3.82. The maximum atomic E-state index is 11.7. The van der Waals surface area contributed by atoms with E-state index in [2.05, 4.69) is 4.98 Å². The van der Waals surface area contributed by atoms with Gasteiger partial charge in [-0.3, -0.25) is 25.0 Å². The average molecular weight is 262 g/mol. The average Bonchev–Trinajstić information content (AvgIpc) is 2.35. The van der Waals surface area contributed by atoms with Crippen LogP contribution in [0.25, 0.3) is 10.9 Å². The summed E-state index contributed by atoms with van der Waals surface area (Å²) in [7, 11) is 0. The highest BCUT2D eigenvalue weighted by atomic mass is 16.6. The van der Waals surface area contributed by atoms with Crippen molar-refractivity contribution in [2.75, 3.05) is 12.4 Å². The van der Waals surface area contributed by atoms with Gasteiger partial charge in [-0.15, -0.1) is 0 Å². The van der Waals surface area contributed by atoms with Gasteiger partial charge < -0.3 is 10.7 Å². The minimum absolute atomic E-state index is 0.216. The number of fused-ring (bicyclic) bond motifs is 1. The first-order chi connectivity index (χ1) is 8.99. The van der Waals surface area contributed by atoms with Crippen molar-refractivity contribution in [2.45, 2.75) is 0 Å². The van der Waals surface area contributed by atoms with Gasteiger partial charge in [-0.25, -0.2) is 0 Å². The minimum Gasteiger partial charge on any atom is -0.398 e. The van der Waals surface area contributed by atoms with Gasteiger partial charge in [0.1, 0.15) is 5.56 Å². The Labute approximate surface area is 106 Å². The van der Waals surface area contributed by atoms with Crippen LogP contribution in [0.3, 0.4) is 0 Å². The van der Waals surface area contributed by atoms with Crippen LogP contribution in [0.15, 0.2) is 29.1 Å². The Morgan fingerprint density at radius 2 is 2.21 bits per heavy atom. The summed E-state index contributed by atoms with van der Waals surface area (Å²) in [5.41, 5.74) is 5.79. The molecule has 0 bridgehead atoms. The monoisotopic (exact) mass is 262 g/mol. The Kier molecular flexibility index (Phi) is 3.15. The lowest BCUT2D eigenvalue weighted by molar-refractivity contribution is -0.483. The molecule has 0 atom stereocenters. The van der Waals surface area contributed by atoms with Crippen molar-refractivity contribution >= 4 is 22.5 Å². The van der Waals surface area contributed by atoms with Gasteiger partial charge in [0.25, 0.3) is 18.1 Å².